The molecule has 5 heavy (non-hydrogen) atoms. The molecule has 0 amide bonds. The largest absolute Gasteiger partial charge is 0.684 e. The fourth-order valence-electron chi connectivity index (χ4n) is 0. The van der Waals surface area contributed by atoms with E-state index in [2.05, 4.69) is 24.8 Å². The van der Waals surface area contributed by atoms with Crippen LogP contribution in [-0.4, -0.2) is 4.32 Å². The van der Waals surface area contributed by atoms with Gasteiger partial charge in [-0.3, -0.25) is 0 Å². The van der Waals surface area contributed by atoms with Crippen LogP contribution in [0.1, 0.15) is 0 Å². The van der Waals surface area contributed by atoms with Gasteiger partial charge < -0.3 is 5.73 Å². The number of hydrogen-bond acceptors (Lipinski definition) is 1. The predicted octanol–water partition coefficient (Wildman–Crippen LogP) is 1.25. The van der Waals surface area contributed by atoms with E-state index in [0.29, 0.717) is 0 Å². The van der Waals surface area contributed by atoms with Crippen LogP contribution in [0.25, 0.3) is 5.73 Å². The molecule has 0 fully saturated rings. The third kappa shape index (κ3) is 65.7. The molecule has 0 aliphatic carbocycles. The van der Waals surface area contributed by atoms with Gasteiger partial charge in [-0.2, -0.15) is 12.6 Å². The maximum absolute atomic E-state index is 6.18. The molecule has 34 valence electrons. The van der Waals surface area contributed by atoms with Crippen molar-refractivity contribution < 1.29 is 16.5 Å². The summed E-state index contributed by atoms with van der Waals surface area (Å²) in [6.07, 6.45) is 0. The van der Waals surface area contributed by atoms with Gasteiger partial charge in [0.15, 0.2) is 0 Å². The molecule has 1 nitrogen and oxygen atoms in total. The van der Waals surface area contributed by atoms with E-state index in [4.69, 9.17) is 5.73 Å². The Kier molecular flexibility index (Phi) is 8.72. The molecule has 0 atom stereocenters. The van der Waals surface area contributed by atoms with Gasteiger partial charge in [-0.1, -0.05) is 12.2 Å². The van der Waals surface area contributed by atoms with Gasteiger partial charge in [0.2, 0.25) is 0 Å². The van der Waals surface area contributed by atoms with E-state index in [1.165, 1.54) is 0 Å². The van der Waals surface area contributed by atoms with Crippen molar-refractivity contribution >= 4 is 29.2 Å². The second-order valence-corrected chi connectivity index (χ2v) is 1.46. The summed E-state index contributed by atoms with van der Waals surface area (Å²) in [7, 11) is 0. The van der Waals surface area contributed by atoms with Gasteiger partial charge in [0, 0.05) is 16.5 Å². The number of nitrogens with one attached hydrogen (secondary N) is 1. The average molecular weight is 151 g/mol. The molecule has 0 aromatic carbocycles. The molecule has 0 aromatic rings. The molecular formula is CH2NNiS2-. The summed E-state index contributed by atoms with van der Waals surface area (Å²) in [4.78, 5) is 0. The Labute approximate surface area is 51.6 Å². The van der Waals surface area contributed by atoms with Gasteiger partial charge >= 0.3 is 0 Å². The molecule has 0 unspecified atom stereocenters. The number of thiocarbonyl (C=S) groups is 1. The van der Waals surface area contributed by atoms with Crippen LogP contribution in [0.3, 0.4) is 0 Å². The van der Waals surface area contributed by atoms with Gasteiger partial charge in [0.1, 0.15) is 0 Å². The Morgan fingerprint density at radius 3 is 1.80 bits per heavy atom. The third-order valence-corrected chi connectivity index (χ3v) is 0. The van der Waals surface area contributed by atoms with Crippen LogP contribution < -0.4 is 0 Å². The Morgan fingerprint density at radius 1 is 1.80 bits per heavy atom. The van der Waals surface area contributed by atoms with Crippen LogP contribution in [0.5, 0.6) is 0 Å². The summed E-state index contributed by atoms with van der Waals surface area (Å²) in [5.74, 6) is 0. The topological polar surface area (TPSA) is 23.8 Å². The maximum atomic E-state index is 6.18. The fraction of sp³-hybridized carbons (Fsp3) is 0. The summed E-state index contributed by atoms with van der Waals surface area (Å²) in [5, 5.41) is 0. The standard InChI is InChI=1S/CH3NS2.Ni/c2-1(3)4;/h(H3,2,3,4);/p-1. The van der Waals surface area contributed by atoms with E-state index in [1.54, 1.807) is 0 Å². The van der Waals surface area contributed by atoms with Crippen LogP contribution in [0.4, 0.5) is 0 Å². The maximum Gasteiger partial charge on any atom is 0 e. The van der Waals surface area contributed by atoms with Crippen LogP contribution in [0, 0.1) is 0 Å². The SMILES string of the molecule is [NH-]C(=S)S.[Ni]. The van der Waals surface area contributed by atoms with Crippen LogP contribution in [-0.2, 0) is 16.5 Å². The first-order chi connectivity index (χ1) is 1.73. The minimum absolute atomic E-state index is 0. The zero-order valence-corrected chi connectivity index (χ0v) is 4.87. The molecule has 1 N–H and O–H groups in total. The van der Waals surface area contributed by atoms with E-state index < -0.39 is 0 Å². The summed E-state index contributed by atoms with van der Waals surface area (Å²) in [5.41, 5.74) is 6.18. The molecule has 0 aliphatic rings. The number of thiol groups is 1. The van der Waals surface area contributed by atoms with Crippen LogP contribution >= 0.6 is 24.8 Å². The van der Waals surface area contributed by atoms with Crippen molar-refractivity contribution in [1.82, 2.24) is 0 Å². The second kappa shape index (κ2) is 4.73. The first-order valence-electron chi connectivity index (χ1n) is 0.678. The molecule has 0 saturated heterocycles. The van der Waals surface area contributed by atoms with Crippen molar-refractivity contribution in [2.75, 3.05) is 0 Å². The molecule has 0 rings (SSSR count). The Balaban J connectivity index is 0. The van der Waals surface area contributed by atoms with Crippen molar-refractivity contribution in [3.8, 4) is 0 Å². The molecule has 0 heterocycles. The molecule has 0 spiro atoms. The molecule has 0 bridgehead atoms. The van der Waals surface area contributed by atoms with E-state index in [-0.39, 0.29) is 20.8 Å². The first kappa shape index (κ1) is 9.22. The molecule has 0 saturated carbocycles. The predicted molar refractivity (Wildman–Crippen MR) is 25.9 cm³/mol. The first-order valence-corrected chi connectivity index (χ1v) is 1.53. The second-order valence-electron chi connectivity index (χ2n) is 0.305. The molecule has 0 aliphatic heterocycles. The van der Waals surface area contributed by atoms with Gasteiger partial charge in [0.25, 0.3) is 0 Å². The third-order valence-electron chi connectivity index (χ3n) is 0. The van der Waals surface area contributed by atoms with Gasteiger partial charge in [-0.15, -0.1) is 0 Å². The quantitative estimate of drug-likeness (QED) is 0.314. The van der Waals surface area contributed by atoms with E-state index in [1.807, 2.05) is 0 Å². The van der Waals surface area contributed by atoms with E-state index in [0.717, 1.165) is 0 Å². The van der Waals surface area contributed by atoms with Crippen LogP contribution in [0.15, 0.2) is 0 Å². The van der Waals surface area contributed by atoms with Gasteiger partial charge in [-0.05, 0) is 4.32 Å². The normalized spacial score (nSPS) is 5.00. The fourth-order valence-corrected chi connectivity index (χ4v) is 0. The van der Waals surface area contributed by atoms with Crippen molar-refractivity contribution in [2.45, 2.75) is 0 Å². The average Bonchev–Trinajstić information content (AvgIpc) is 0.811. The molecule has 0 radical (unpaired) electrons. The summed E-state index contributed by atoms with van der Waals surface area (Å²) in [6, 6.07) is 0. The van der Waals surface area contributed by atoms with E-state index in [9.17, 15) is 0 Å². The van der Waals surface area contributed by atoms with Crippen molar-refractivity contribution in [3.63, 3.8) is 0 Å². The van der Waals surface area contributed by atoms with Crippen molar-refractivity contribution in [2.24, 2.45) is 0 Å². The van der Waals surface area contributed by atoms with Crippen molar-refractivity contribution in [3.05, 3.63) is 5.73 Å². The molecule has 4 heteroatoms. The Bertz CT molecular complexity index is 32.6. The number of rotatable bonds is 0. The zero-order chi connectivity index (χ0) is 3.58. The summed E-state index contributed by atoms with van der Waals surface area (Å²) >= 11 is 7.43. The van der Waals surface area contributed by atoms with E-state index >= 15 is 0 Å². The van der Waals surface area contributed by atoms with Crippen molar-refractivity contribution in [1.29, 1.82) is 0 Å². The smallest absolute Gasteiger partial charge is 0 e. The monoisotopic (exact) mass is 150 g/mol. The van der Waals surface area contributed by atoms with Gasteiger partial charge in [0.05, 0.1) is 0 Å². The van der Waals surface area contributed by atoms with Gasteiger partial charge in [-0.25, -0.2) is 0 Å². The summed E-state index contributed by atoms with van der Waals surface area (Å²) in [6.45, 7) is 0. The Hall–Kier alpha value is 0.734. The molecule has 0 aromatic heterocycles. The zero-order valence-electron chi connectivity index (χ0n) is 2.17. The van der Waals surface area contributed by atoms with Crippen LogP contribution in [0.2, 0.25) is 0 Å². The summed E-state index contributed by atoms with van der Waals surface area (Å²) < 4.78 is -0.0556. The Morgan fingerprint density at radius 2 is 1.80 bits per heavy atom. The minimum atomic E-state index is -0.0556. The number of hydrogen-bond donors (Lipinski definition) is 1. The minimum Gasteiger partial charge on any atom is -0.684 e. The molecular weight excluding hydrogens is 149 g/mol.